The maximum absolute atomic E-state index is 11.7. The summed E-state index contributed by atoms with van der Waals surface area (Å²) in [5.41, 5.74) is 0.285. The van der Waals surface area contributed by atoms with Crippen molar-refractivity contribution in [3.63, 3.8) is 0 Å². The van der Waals surface area contributed by atoms with Crippen LogP contribution in [0.5, 0.6) is 0 Å². The molecule has 0 heterocycles. The highest BCUT2D eigenvalue weighted by atomic mass is 16.4. The maximum Gasteiger partial charge on any atom is 0.326 e. The third-order valence-electron chi connectivity index (χ3n) is 3.62. The largest absolute Gasteiger partial charge is 0.480 e. The van der Waals surface area contributed by atoms with Crippen LogP contribution in [-0.2, 0) is 9.59 Å². The molecule has 0 saturated heterocycles. The lowest BCUT2D eigenvalue weighted by Crippen LogP contribution is -2.41. The van der Waals surface area contributed by atoms with Crippen LogP contribution in [0.2, 0.25) is 0 Å². The predicted octanol–water partition coefficient (Wildman–Crippen LogP) is 1.32. The van der Waals surface area contributed by atoms with E-state index in [-0.39, 0.29) is 17.2 Å². The number of carboxylic acids is 1. The summed E-state index contributed by atoms with van der Waals surface area (Å²) in [6, 6.07) is -0.778. The van der Waals surface area contributed by atoms with Gasteiger partial charge in [0.15, 0.2) is 0 Å². The van der Waals surface area contributed by atoms with Crippen LogP contribution in [0, 0.1) is 11.3 Å². The van der Waals surface area contributed by atoms with Crippen LogP contribution in [0.15, 0.2) is 12.2 Å². The standard InChI is InChI=1S/C12H17NO3/c1-2-3-4-9(11(15)16)13-10(14)8-7-12(8)5-6-12/h2-3,8-9H,4-7H2,1H3,(H,13,14)(H,15,16)/b3-2+. The summed E-state index contributed by atoms with van der Waals surface area (Å²) >= 11 is 0. The quantitative estimate of drug-likeness (QED) is 0.691. The van der Waals surface area contributed by atoms with Gasteiger partial charge in [0.25, 0.3) is 0 Å². The third kappa shape index (κ3) is 2.10. The number of nitrogens with one attached hydrogen (secondary N) is 1. The summed E-state index contributed by atoms with van der Waals surface area (Å²) in [5.74, 6) is -0.952. The molecule has 2 aliphatic rings. The van der Waals surface area contributed by atoms with Crippen LogP contribution in [0.3, 0.4) is 0 Å². The Labute approximate surface area is 94.7 Å². The third-order valence-corrected chi connectivity index (χ3v) is 3.62. The second kappa shape index (κ2) is 3.92. The molecule has 4 heteroatoms. The van der Waals surface area contributed by atoms with Crippen molar-refractivity contribution >= 4 is 11.9 Å². The number of allylic oxidation sites excluding steroid dienone is 1. The van der Waals surface area contributed by atoms with E-state index in [0.717, 1.165) is 19.3 Å². The smallest absolute Gasteiger partial charge is 0.326 e. The first kappa shape index (κ1) is 11.2. The van der Waals surface area contributed by atoms with E-state index >= 15 is 0 Å². The molecule has 88 valence electrons. The monoisotopic (exact) mass is 223 g/mol. The number of carbonyl (C=O) groups is 2. The first-order chi connectivity index (χ1) is 7.59. The van der Waals surface area contributed by atoms with E-state index in [4.69, 9.17) is 5.11 Å². The molecular formula is C12H17NO3. The zero-order valence-electron chi connectivity index (χ0n) is 9.40. The minimum Gasteiger partial charge on any atom is -0.480 e. The van der Waals surface area contributed by atoms with Crippen molar-refractivity contribution in [1.29, 1.82) is 0 Å². The molecule has 16 heavy (non-hydrogen) atoms. The second-order valence-corrected chi connectivity index (χ2v) is 4.82. The van der Waals surface area contributed by atoms with Gasteiger partial charge in [-0.1, -0.05) is 12.2 Å². The number of aliphatic carboxylic acids is 1. The molecule has 2 fully saturated rings. The molecule has 2 N–H and O–H groups in total. The second-order valence-electron chi connectivity index (χ2n) is 4.82. The van der Waals surface area contributed by atoms with Crippen molar-refractivity contribution < 1.29 is 14.7 Å². The maximum atomic E-state index is 11.7. The summed E-state index contributed by atoms with van der Waals surface area (Å²) in [7, 11) is 0. The summed E-state index contributed by atoms with van der Waals surface area (Å²) in [6.07, 6.45) is 7.14. The lowest BCUT2D eigenvalue weighted by atomic mass is 10.2. The van der Waals surface area contributed by atoms with Crippen molar-refractivity contribution in [2.24, 2.45) is 11.3 Å². The summed E-state index contributed by atoms with van der Waals surface area (Å²) < 4.78 is 0. The van der Waals surface area contributed by atoms with Crippen LogP contribution in [0.4, 0.5) is 0 Å². The zero-order chi connectivity index (χ0) is 11.8. The average molecular weight is 223 g/mol. The summed E-state index contributed by atoms with van der Waals surface area (Å²) in [6.45, 7) is 1.83. The highest BCUT2D eigenvalue weighted by Crippen LogP contribution is 2.70. The Kier molecular flexibility index (Phi) is 2.74. The van der Waals surface area contributed by atoms with E-state index in [9.17, 15) is 9.59 Å². The normalized spacial score (nSPS) is 26.7. The fourth-order valence-electron chi connectivity index (χ4n) is 2.20. The molecule has 2 aliphatic carbocycles. The number of rotatable bonds is 5. The number of hydrogen-bond acceptors (Lipinski definition) is 2. The first-order valence-corrected chi connectivity index (χ1v) is 5.73. The average Bonchev–Trinajstić information content (AvgIpc) is 3.14. The van der Waals surface area contributed by atoms with Crippen molar-refractivity contribution in [3.8, 4) is 0 Å². The fraction of sp³-hybridized carbons (Fsp3) is 0.667. The number of hydrogen-bond donors (Lipinski definition) is 2. The van der Waals surface area contributed by atoms with Gasteiger partial charge < -0.3 is 10.4 Å². The number of carbonyl (C=O) groups excluding carboxylic acids is 1. The minimum absolute atomic E-state index is 0.0746. The molecule has 2 saturated carbocycles. The van der Waals surface area contributed by atoms with Crippen LogP contribution < -0.4 is 5.32 Å². The van der Waals surface area contributed by atoms with E-state index in [1.165, 1.54) is 0 Å². The van der Waals surface area contributed by atoms with Gasteiger partial charge in [0.1, 0.15) is 6.04 Å². The zero-order valence-corrected chi connectivity index (χ0v) is 9.40. The first-order valence-electron chi connectivity index (χ1n) is 5.73. The molecule has 0 radical (unpaired) electrons. The molecule has 1 amide bonds. The Morgan fingerprint density at radius 1 is 1.56 bits per heavy atom. The highest BCUT2D eigenvalue weighted by molar-refractivity contribution is 5.87. The van der Waals surface area contributed by atoms with E-state index in [2.05, 4.69) is 5.32 Å². The number of amides is 1. The van der Waals surface area contributed by atoms with Gasteiger partial charge in [0.05, 0.1) is 0 Å². The summed E-state index contributed by atoms with van der Waals surface area (Å²) in [4.78, 5) is 22.7. The molecular weight excluding hydrogens is 206 g/mol. The van der Waals surface area contributed by atoms with Crippen molar-refractivity contribution in [1.82, 2.24) is 5.32 Å². The van der Waals surface area contributed by atoms with Crippen molar-refractivity contribution in [3.05, 3.63) is 12.2 Å². The van der Waals surface area contributed by atoms with E-state index in [0.29, 0.717) is 6.42 Å². The van der Waals surface area contributed by atoms with Crippen LogP contribution in [0.1, 0.15) is 32.6 Å². The van der Waals surface area contributed by atoms with E-state index < -0.39 is 12.0 Å². The fourth-order valence-corrected chi connectivity index (χ4v) is 2.20. The van der Waals surface area contributed by atoms with Gasteiger partial charge in [-0.05, 0) is 38.0 Å². The van der Waals surface area contributed by atoms with Crippen LogP contribution >= 0.6 is 0 Å². The Bertz CT molecular complexity index is 344. The topological polar surface area (TPSA) is 66.4 Å². The molecule has 1 spiro atoms. The van der Waals surface area contributed by atoms with E-state index in [1.807, 2.05) is 6.92 Å². The van der Waals surface area contributed by atoms with Crippen molar-refractivity contribution in [2.45, 2.75) is 38.6 Å². The summed E-state index contributed by atoms with van der Waals surface area (Å²) in [5, 5.41) is 11.6. The number of carboxylic acid groups (broad SMARTS) is 1. The predicted molar refractivity (Wildman–Crippen MR) is 58.8 cm³/mol. The van der Waals surface area contributed by atoms with Gasteiger partial charge in [0, 0.05) is 5.92 Å². The molecule has 2 rings (SSSR count). The molecule has 0 aromatic rings. The van der Waals surface area contributed by atoms with Gasteiger partial charge in [-0.3, -0.25) is 4.79 Å². The molecule has 2 atom stereocenters. The molecule has 0 bridgehead atoms. The van der Waals surface area contributed by atoms with Crippen molar-refractivity contribution in [2.75, 3.05) is 0 Å². The molecule has 0 aromatic carbocycles. The highest BCUT2D eigenvalue weighted by Gasteiger charge is 2.65. The van der Waals surface area contributed by atoms with Gasteiger partial charge in [-0.2, -0.15) is 0 Å². The Hall–Kier alpha value is -1.32. The lowest BCUT2D eigenvalue weighted by molar-refractivity contribution is -0.142. The van der Waals surface area contributed by atoms with Gasteiger partial charge in [-0.25, -0.2) is 4.79 Å². The van der Waals surface area contributed by atoms with E-state index in [1.54, 1.807) is 12.2 Å². The lowest BCUT2D eigenvalue weighted by Gasteiger charge is -2.12. The SMILES string of the molecule is C/C=C/CC(NC(=O)C1CC12CC2)C(=O)O. The Morgan fingerprint density at radius 3 is 2.69 bits per heavy atom. The Morgan fingerprint density at radius 2 is 2.25 bits per heavy atom. The van der Waals surface area contributed by atoms with Gasteiger partial charge in [0.2, 0.25) is 5.91 Å². The minimum atomic E-state index is -0.961. The van der Waals surface area contributed by atoms with Gasteiger partial charge >= 0.3 is 5.97 Å². The van der Waals surface area contributed by atoms with Gasteiger partial charge in [-0.15, -0.1) is 0 Å². The Balaban J connectivity index is 1.85. The molecule has 2 unspecified atom stereocenters. The molecule has 0 aromatic heterocycles. The molecule has 4 nitrogen and oxygen atoms in total. The molecule has 0 aliphatic heterocycles. The van der Waals surface area contributed by atoms with Crippen LogP contribution in [-0.4, -0.2) is 23.0 Å². The van der Waals surface area contributed by atoms with Crippen LogP contribution in [0.25, 0.3) is 0 Å².